The molecule has 0 amide bonds. The van der Waals surface area contributed by atoms with Gasteiger partial charge in [-0.3, -0.25) is 0 Å². The quantitative estimate of drug-likeness (QED) is 0.868. The Morgan fingerprint density at radius 2 is 2.05 bits per heavy atom. The average molecular weight is 281 g/mol. The van der Waals surface area contributed by atoms with Gasteiger partial charge in [-0.2, -0.15) is 11.8 Å². The largest absolute Gasteiger partial charge is 0.493 e. The zero-order valence-electron chi connectivity index (χ0n) is 12.0. The molecule has 2 rings (SSSR count). The maximum Gasteiger partial charge on any atom is 0.161 e. The first kappa shape index (κ1) is 14.5. The van der Waals surface area contributed by atoms with Gasteiger partial charge in [0.25, 0.3) is 0 Å². The summed E-state index contributed by atoms with van der Waals surface area (Å²) in [7, 11) is 3.33. The van der Waals surface area contributed by atoms with Gasteiger partial charge < -0.3 is 14.8 Å². The second-order valence-corrected chi connectivity index (χ2v) is 6.88. The van der Waals surface area contributed by atoms with Gasteiger partial charge in [-0.1, -0.05) is 6.07 Å². The number of rotatable bonds is 6. The minimum Gasteiger partial charge on any atom is -0.493 e. The van der Waals surface area contributed by atoms with E-state index < -0.39 is 0 Å². The number of benzene rings is 1. The third-order valence-corrected chi connectivity index (χ3v) is 5.11. The highest BCUT2D eigenvalue weighted by atomic mass is 32.2. The summed E-state index contributed by atoms with van der Waals surface area (Å²) in [6.07, 6.45) is 2.66. The molecule has 1 atom stereocenters. The minimum atomic E-state index is 0.413. The van der Waals surface area contributed by atoms with Crippen molar-refractivity contribution in [2.24, 2.45) is 0 Å². The molecule has 0 saturated carbocycles. The number of methoxy groups -OCH3 is 2. The SMILES string of the molecule is COc1ccc(CNCC2(C)CCCS2)cc1OC. The summed E-state index contributed by atoms with van der Waals surface area (Å²) in [5, 5.41) is 3.56. The summed E-state index contributed by atoms with van der Waals surface area (Å²) in [4.78, 5) is 0. The second kappa shape index (κ2) is 6.53. The van der Waals surface area contributed by atoms with Gasteiger partial charge in [0.2, 0.25) is 0 Å². The van der Waals surface area contributed by atoms with Crippen LogP contribution in [-0.2, 0) is 6.54 Å². The lowest BCUT2D eigenvalue weighted by Gasteiger charge is -2.23. The summed E-state index contributed by atoms with van der Waals surface area (Å²) in [6.45, 7) is 4.29. The van der Waals surface area contributed by atoms with E-state index in [0.717, 1.165) is 24.6 Å². The van der Waals surface area contributed by atoms with Crippen LogP contribution < -0.4 is 14.8 Å². The second-order valence-electron chi connectivity index (χ2n) is 5.19. The van der Waals surface area contributed by atoms with E-state index in [4.69, 9.17) is 9.47 Å². The number of hydrogen-bond acceptors (Lipinski definition) is 4. The summed E-state index contributed by atoms with van der Waals surface area (Å²) < 4.78 is 11.0. The van der Waals surface area contributed by atoms with Crippen LogP contribution in [-0.4, -0.2) is 31.3 Å². The maximum atomic E-state index is 5.32. The molecule has 1 aliphatic rings. The molecule has 1 heterocycles. The number of thioether (sulfide) groups is 1. The molecule has 0 aliphatic carbocycles. The molecule has 1 aromatic rings. The molecule has 1 aliphatic heterocycles. The first-order valence-corrected chi connectivity index (χ1v) is 7.71. The van der Waals surface area contributed by atoms with E-state index in [1.54, 1.807) is 14.2 Å². The van der Waals surface area contributed by atoms with E-state index in [-0.39, 0.29) is 0 Å². The van der Waals surface area contributed by atoms with Gasteiger partial charge in [-0.15, -0.1) is 0 Å². The summed E-state index contributed by atoms with van der Waals surface area (Å²) in [5.41, 5.74) is 1.23. The molecule has 106 valence electrons. The van der Waals surface area contributed by atoms with Crippen molar-refractivity contribution in [2.45, 2.75) is 31.1 Å². The molecule has 0 bridgehead atoms. The standard InChI is InChI=1S/C15H23NO2S/c1-15(7-4-8-19-15)11-16-10-12-5-6-13(17-2)14(9-12)18-3/h5-6,9,16H,4,7-8,10-11H2,1-3H3. The van der Waals surface area contributed by atoms with E-state index in [0.29, 0.717) is 4.75 Å². The lowest BCUT2D eigenvalue weighted by Crippen LogP contribution is -2.32. The van der Waals surface area contributed by atoms with Crippen LogP contribution in [0.15, 0.2) is 18.2 Å². The normalized spacial score (nSPS) is 22.5. The Bertz CT molecular complexity index is 417. The predicted octanol–water partition coefficient (Wildman–Crippen LogP) is 3.08. The Kier molecular flexibility index (Phi) is 4.99. The Labute approximate surface area is 120 Å². The Morgan fingerprint density at radius 3 is 2.68 bits per heavy atom. The van der Waals surface area contributed by atoms with Crippen molar-refractivity contribution in [1.82, 2.24) is 5.32 Å². The monoisotopic (exact) mass is 281 g/mol. The van der Waals surface area contributed by atoms with Crippen LogP contribution in [0.4, 0.5) is 0 Å². The zero-order chi connectivity index (χ0) is 13.7. The fourth-order valence-electron chi connectivity index (χ4n) is 2.44. The summed E-state index contributed by atoms with van der Waals surface area (Å²) >= 11 is 2.09. The molecule has 0 radical (unpaired) electrons. The van der Waals surface area contributed by atoms with Gasteiger partial charge in [0, 0.05) is 17.8 Å². The molecule has 0 spiro atoms. The molecule has 1 saturated heterocycles. The van der Waals surface area contributed by atoms with Crippen LogP contribution in [0.3, 0.4) is 0 Å². The van der Waals surface area contributed by atoms with Crippen molar-refractivity contribution >= 4 is 11.8 Å². The molecule has 1 unspecified atom stereocenters. The van der Waals surface area contributed by atoms with Gasteiger partial charge in [-0.05, 0) is 43.2 Å². The van der Waals surface area contributed by atoms with Crippen molar-refractivity contribution in [1.29, 1.82) is 0 Å². The highest BCUT2D eigenvalue weighted by Crippen LogP contribution is 2.37. The minimum absolute atomic E-state index is 0.413. The molecular weight excluding hydrogens is 258 g/mol. The van der Waals surface area contributed by atoms with Crippen molar-refractivity contribution in [3.8, 4) is 11.5 Å². The molecule has 3 nitrogen and oxygen atoms in total. The molecule has 1 N–H and O–H groups in total. The highest BCUT2D eigenvalue weighted by Gasteiger charge is 2.28. The Hall–Kier alpha value is -0.870. The van der Waals surface area contributed by atoms with E-state index in [9.17, 15) is 0 Å². The Morgan fingerprint density at radius 1 is 1.26 bits per heavy atom. The number of nitrogens with one attached hydrogen (secondary N) is 1. The highest BCUT2D eigenvalue weighted by molar-refractivity contribution is 8.00. The smallest absolute Gasteiger partial charge is 0.161 e. The van der Waals surface area contributed by atoms with Crippen LogP contribution in [0.2, 0.25) is 0 Å². The van der Waals surface area contributed by atoms with Gasteiger partial charge in [-0.25, -0.2) is 0 Å². The van der Waals surface area contributed by atoms with Crippen LogP contribution >= 0.6 is 11.8 Å². The fraction of sp³-hybridized carbons (Fsp3) is 0.600. The number of hydrogen-bond donors (Lipinski definition) is 1. The third-order valence-electron chi connectivity index (χ3n) is 3.58. The van der Waals surface area contributed by atoms with Crippen LogP contribution in [0.1, 0.15) is 25.3 Å². The van der Waals surface area contributed by atoms with E-state index in [1.807, 2.05) is 12.1 Å². The van der Waals surface area contributed by atoms with Crippen molar-refractivity contribution in [2.75, 3.05) is 26.5 Å². The average Bonchev–Trinajstić information content (AvgIpc) is 2.85. The Balaban J connectivity index is 1.89. The van der Waals surface area contributed by atoms with Gasteiger partial charge in [0.1, 0.15) is 0 Å². The van der Waals surface area contributed by atoms with E-state index in [2.05, 4.69) is 30.1 Å². The number of ether oxygens (including phenoxy) is 2. The van der Waals surface area contributed by atoms with E-state index in [1.165, 1.54) is 24.2 Å². The summed E-state index contributed by atoms with van der Waals surface area (Å²) in [6, 6.07) is 6.08. The van der Waals surface area contributed by atoms with Crippen molar-refractivity contribution < 1.29 is 9.47 Å². The first-order valence-electron chi connectivity index (χ1n) is 6.72. The van der Waals surface area contributed by atoms with Gasteiger partial charge in [0.15, 0.2) is 11.5 Å². The van der Waals surface area contributed by atoms with Crippen LogP contribution in [0.25, 0.3) is 0 Å². The lowest BCUT2D eigenvalue weighted by atomic mass is 10.1. The lowest BCUT2D eigenvalue weighted by molar-refractivity contribution is 0.354. The molecule has 1 fully saturated rings. The molecule has 0 aromatic heterocycles. The van der Waals surface area contributed by atoms with Crippen LogP contribution in [0, 0.1) is 0 Å². The van der Waals surface area contributed by atoms with Crippen molar-refractivity contribution in [3.05, 3.63) is 23.8 Å². The van der Waals surface area contributed by atoms with Crippen LogP contribution in [0.5, 0.6) is 11.5 Å². The van der Waals surface area contributed by atoms with E-state index >= 15 is 0 Å². The summed E-state index contributed by atoms with van der Waals surface area (Å²) in [5.74, 6) is 2.88. The fourth-order valence-corrected chi connectivity index (χ4v) is 3.71. The van der Waals surface area contributed by atoms with Gasteiger partial charge >= 0.3 is 0 Å². The zero-order valence-corrected chi connectivity index (χ0v) is 12.8. The maximum absolute atomic E-state index is 5.32. The molecular formula is C15H23NO2S. The molecule has 19 heavy (non-hydrogen) atoms. The third kappa shape index (κ3) is 3.80. The topological polar surface area (TPSA) is 30.5 Å². The van der Waals surface area contributed by atoms with Crippen molar-refractivity contribution in [3.63, 3.8) is 0 Å². The van der Waals surface area contributed by atoms with Gasteiger partial charge in [0.05, 0.1) is 14.2 Å². The first-order chi connectivity index (χ1) is 9.17. The predicted molar refractivity (Wildman–Crippen MR) is 81.3 cm³/mol. The molecule has 4 heteroatoms. The molecule has 1 aromatic carbocycles.